The number of methoxy groups -OCH3 is 1. The number of rotatable bonds is 6. The first-order chi connectivity index (χ1) is 15.0. The number of esters is 1. The van der Waals surface area contributed by atoms with Crippen LogP contribution in [0.1, 0.15) is 22.8 Å². The van der Waals surface area contributed by atoms with E-state index in [0.717, 1.165) is 11.3 Å². The Balaban J connectivity index is 1.63. The summed E-state index contributed by atoms with van der Waals surface area (Å²) in [7, 11) is 1.33. The predicted molar refractivity (Wildman–Crippen MR) is 113 cm³/mol. The second kappa shape index (κ2) is 8.57. The van der Waals surface area contributed by atoms with Crippen LogP contribution < -0.4 is 10.6 Å². The van der Waals surface area contributed by atoms with Crippen LogP contribution in [0, 0.1) is 0 Å². The van der Waals surface area contributed by atoms with Crippen molar-refractivity contribution in [3.63, 3.8) is 0 Å². The number of carbonyl (C=O) groups is 2. The quantitative estimate of drug-likeness (QED) is 0.458. The molecule has 0 radical (unpaired) electrons. The fraction of sp³-hybridized carbons (Fsp3) is 0.143. The van der Waals surface area contributed by atoms with Crippen LogP contribution >= 0.6 is 0 Å². The van der Waals surface area contributed by atoms with Crippen molar-refractivity contribution in [3.05, 3.63) is 65.9 Å². The molecule has 0 aliphatic rings. The molecule has 0 spiro atoms. The first-order valence-corrected chi connectivity index (χ1v) is 9.41. The fourth-order valence-corrected chi connectivity index (χ4v) is 2.96. The molecule has 0 saturated heterocycles. The number of anilines is 2. The summed E-state index contributed by atoms with van der Waals surface area (Å²) >= 11 is 0. The molecule has 10 heteroatoms. The van der Waals surface area contributed by atoms with Crippen LogP contribution in [0.15, 0.2) is 54.7 Å². The van der Waals surface area contributed by atoms with E-state index in [2.05, 4.69) is 30.9 Å². The Morgan fingerprint density at radius 3 is 2.77 bits per heavy atom. The summed E-state index contributed by atoms with van der Waals surface area (Å²) < 4.78 is 6.31. The van der Waals surface area contributed by atoms with E-state index >= 15 is 0 Å². The van der Waals surface area contributed by atoms with Gasteiger partial charge in [0.1, 0.15) is 0 Å². The minimum atomic E-state index is -0.442. The maximum atomic E-state index is 11.8. The van der Waals surface area contributed by atoms with Crippen LogP contribution in [0.25, 0.3) is 16.9 Å². The minimum absolute atomic E-state index is 0.0934. The second-order valence-electron chi connectivity index (χ2n) is 6.68. The Hall–Kier alpha value is -4.34. The number of nitrogens with zero attached hydrogens (tertiary/aromatic N) is 5. The van der Waals surface area contributed by atoms with E-state index in [1.54, 1.807) is 30.5 Å². The van der Waals surface area contributed by atoms with Gasteiger partial charge in [-0.3, -0.25) is 4.79 Å². The number of ether oxygens (including phenoxy) is 1. The van der Waals surface area contributed by atoms with Crippen molar-refractivity contribution in [1.29, 1.82) is 0 Å². The van der Waals surface area contributed by atoms with Crippen LogP contribution in [-0.4, -0.2) is 43.9 Å². The summed E-state index contributed by atoms with van der Waals surface area (Å²) in [6.45, 7) is 1.90. The van der Waals surface area contributed by atoms with Crippen LogP contribution in [-0.2, 0) is 16.1 Å². The zero-order valence-electron chi connectivity index (χ0n) is 16.9. The van der Waals surface area contributed by atoms with Gasteiger partial charge in [0, 0.05) is 19.2 Å². The molecule has 31 heavy (non-hydrogen) atoms. The third kappa shape index (κ3) is 4.47. The average Bonchev–Trinajstić information content (AvgIpc) is 3.21. The summed E-state index contributed by atoms with van der Waals surface area (Å²) in [5, 5.41) is 14.2. The Bertz CT molecular complexity index is 1270. The zero-order valence-corrected chi connectivity index (χ0v) is 16.9. The van der Waals surface area contributed by atoms with Gasteiger partial charge in [0.25, 0.3) is 0 Å². The van der Waals surface area contributed by atoms with Gasteiger partial charge in [-0.2, -0.15) is 9.67 Å². The van der Waals surface area contributed by atoms with E-state index < -0.39 is 5.97 Å². The maximum Gasteiger partial charge on any atom is 0.337 e. The summed E-state index contributed by atoms with van der Waals surface area (Å²) in [6.07, 6.45) is 1.57. The molecule has 0 bridgehead atoms. The Kier molecular flexibility index (Phi) is 5.52. The van der Waals surface area contributed by atoms with Gasteiger partial charge in [0.15, 0.2) is 11.2 Å². The first kappa shape index (κ1) is 20.0. The van der Waals surface area contributed by atoms with Crippen molar-refractivity contribution in [3.8, 4) is 5.69 Å². The van der Waals surface area contributed by atoms with E-state index in [-0.39, 0.29) is 5.91 Å². The standard InChI is InChI=1S/C21H19N7O3/c1-13(29)22-11-14-5-3-7-16(9-14)24-21-23-12-18-19(25-21)28(27-26-18)17-8-4-6-15(10-17)20(30)31-2/h3-10,12H,11H2,1-2H3,(H,22,29)(H,23,24,25). The number of hydrogen-bond acceptors (Lipinski definition) is 8. The molecule has 156 valence electrons. The molecule has 4 rings (SSSR count). The second-order valence-corrected chi connectivity index (χ2v) is 6.68. The topological polar surface area (TPSA) is 124 Å². The van der Waals surface area contributed by atoms with Crippen LogP contribution in [0.2, 0.25) is 0 Å². The SMILES string of the molecule is COC(=O)c1cccc(-n2nnc3cnc(Nc4cccc(CNC(C)=O)c4)nc32)c1. The van der Waals surface area contributed by atoms with Gasteiger partial charge in [0.05, 0.1) is 24.6 Å². The van der Waals surface area contributed by atoms with E-state index in [1.807, 2.05) is 24.3 Å². The number of amides is 1. The Labute approximate surface area is 177 Å². The average molecular weight is 417 g/mol. The zero-order chi connectivity index (χ0) is 21.8. The lowest BCUT2D eigenvalue weighted by Gasteiger charge is -2.08. The molecule has 0 fully saturated rings. The van der Waals surface area contributed by atoms with Gasteiger partial charge in [-0.15, -0.1) is 5.10 Å². The molecule has 4 aromatic rings. The lowest BCUT2D eigenvalue weighted by atomic mass is 10.2. The van der Waals surface area contributed by atoms with Crippen molar-refractivity contribution in [2.24, 2.45) is 0 Å². The largest absolute Gasteiger partial charge is 0.465 e. The third-order valence-electron chi connectivity index (χ3n) is 4.43. The first-order valence-electron chi connectivity index (χ1n) is 9.41. The van der Waals surface area contributed by atoms with E-state index in [4.69, 9.17) is 4.74 Å². The summed E-state index contributed by atoms with van der Waals surface area (Å²) in [4.78, 5) is 31.8. The highest BCUT2D eigenvalue weighted by atomic mass is 16.5. The summed E-state index contributed by atoms with van der Waals surface area (Å²) in [6, 6.07) is 14.4. The van der Waals surface area contributed by atoms with Gasteiger partial charge >= 0.3 is 5.97 Å². The molecule has 0 unspecified atom stereocenters. The number of fused-ring (bicyclic) bond motifs is 1. The Morgan fingerprint density at radius 1 is 1.13 bits per heavy atom. The highest BCUT2D eigenvalue weighted by Gasteiger charge is 2.13. The van der Waals surface area contributed by atoms with Crippen LogP contribution in [0.5, 0.6) is 0 Å². The van der Waals surface area contributed by atoms with Crippen LogP contribution in [0.3, 0.4) is 0 Å². The van der Waals surface area contributed by atoms with Gasteiger partial charge in [-0.1, -0.05) is 23.4 Å². The molecule has 10 nitrogen and oxygen atoms in total. The Morgan fingerprint density at radius 2 is 1.97 bits per heavy atom. The molecule has 0 aliphatic heterocycles. The van der Waals surface area contributed by atoms with Gasteiger partial charge in [-0.05, 0) is 35.9 Å². The molecular weight excluding hydrogens is 398 g/mol. The predicted octanol–water partition coefficient (Wildman–Crippen LogP) is 2.38. The van der Waals surface area contributed by atoms with Crippen molar-refractivity contribution < 1.29 is 14.3 Å². The van der Waals surface area contributed by atoms with Gasteiger partial charge in [0.2, 0.25) is 11.9 Å². The van der Waals surface area contributed by atoms with Crippen molar-refractivity contribution in [2.45, 2.75) is 13.5 Å². The number of benzene rings is 2. The van der Waals surface area contributed by atoms with Crippen molar-refractivity contribution in [2.75, 3.05) is 12.4 Å². The summed E-state index contributed by atoms with van der Waals surface area (Å²) in [5.41, 5.74) is 3.71. The highest BCUT2D eigenvalue weighted by Crippen LogP contribution is 2.19. The van der Waals surface area contributed by atoms with Crippen molar-refractivity contribution in [1.82, 2.24) is 30.3 Å². The number of hydrogen-bond donors (Lipinski definition) is 2. The van der Waals surface area contributed by atoms with E-state index in [1.165, 1.54) is 18.7 Å². The molecule has 2 aromatic carbocycles. The highest BCUT2D eigenvalue weighted by molar-refractivity contribution is 5.90. The van der Waals surface area contributed by atoms with Crippen LogP contribution in [0.4, 0.5) is 11.6 Å². The molecule has 2 N–H and O–H groups in total. The molecule has 1 amide bonds. The third-order valence-corrected chi connectivity index (χ3v) is 4.43. The molecule has 0 saturated carbocycles. The molecule has 2 aromatic heterocycles. The fourth-order valence-electron chi connectivity index (χ4n) is 2.96. The molecular formula is C21H19N7O3. The van der Waals surface area contributed by atoms with Gasteiger partial charge < -0.3 is 15.4 Å². The molecule has 0 aliphatic carbocycles. The summed E-state index contributed by atoms with van der Waals surface area (Å²) in [5.74, 6) is -0.177. The number of carbonyl (C=O) groups excluding carboxylic acids is 2. The lowest BCUT2D eigenvalue weighted by molar-refractivity contribution is -0.119. The minimum Gasteiger partial charge on any atom is -0.465 e. The number of aromatic nitrogens is 5. The molecule has 0 atom stereocenters. The normalized spacial score (nSPS) is 10.6. The van der Waals surface area contributed by atoms with E-state index in [0.29, 0.717) is 34.9 Å². The smallest absolute Gasteiger partial charge is 0.337 e. The lowest BCUT2D eigenvalue weighted by Crippen LogP contribution is -2.18. The van der Waals surface area contributed by atoms with Gasteiger partial charge in [-0.25, -0.2) is 9.78 Å². The maximum absolute atomic E-state index is 11.8. The van der Waals surface area contributed by atoms with Crippen molar-refractivity contribution >= 4 is 34.7 Å². The number of nitrogens with one attached hydrogen (secondary N) is 2. The molecule has 2 heterocycles. The monoisotopic (exact) mass is 417 g/mol. The van der Waals surface area contributed by atoms with E-state index in [9.17, 15) is 9.59 Å².